The van der Waals surface area contributed by atoms with Crippen LogP contribution in [-0.2, 0) is 21.4 Å². The lowest BCUT2D eigenvalue weighted by atomic mass is 9.84. The molecule has 4 heterocycles. The molecule has 3 aliphatic heterocycles. The van der Waals surface area contributed by atoms with Crippen molar-refractivity contribution >= 4 is 28.8 Å². The van der Waals surface area contributed by atoms with E-state index >= 15 is 8.78 Å². The normalized spacial score (nSPS) is 24.8. The lowest BCUT2D eigenvalue weighted by Gasteiger charge is -2.41. The minimum atomic E-state index is -2.89. The molecule has 218 valence electrons. The van der Waals surface area contributed by atoms with Gasteiger partial charge >= 0.3 is 6.09 Å². The largest absolute Gasteiger partial charge is 0.444 e. The van der Waals surface area contributed by atoms with E-state index in [1.165, 1.54) is 0 Å². The van der Waals surface area contributed by atoms with Crippen LogP contribution in [0.4, 0.5) is 13.6 Å². The zero-order chi connectivity index (χ0) is 28.8. The summed E-state index contributed by atoms with van der Waals surface area (Å²) in [6.45, 7) is 7.57. The first-order valence-corrected chi connectivity index (χ1v) is 14.2. The Morgan fingerprint density at radius 1 is 1.12 bits per heavy atom. The van der Waals surface area contributed by atoms with Crippen molar-refractivity contribution in [3.05, 3.63) is 29.5 Å². The van der Waals surface area contributed by atoms with Gasteiger partial charge in [-0.1, -0.05) is 12.1 Å². The molecule has 2 atom stereocenters. The molecule has 1 aromatic carbocycles. The molecule has 0 spiro atoms. The highest BCUT2D eigenvalue weighted by atomic mass is 19.3. The van der Waals surface area contributed by atoms with Gasteiger partial charge in [-0.2, -0.15) is 5.10 Å². The molecule has 3 amide bonds. The second-order valence-electron chi connectivity index (χ2n) is 12.5. The molecule has 3 fully saturated rings. The van der Waals surface area contributed by atoms with Gasteiger partial charge in [0.15, 0.2) is 0 Å². The number of aromatic nitrogens is 2. The van der Waals surface area contributed by atoms with Gasteiger partial charge in [0, 0.05) is 38.5 Å². The van der Waals surface area contributed by atoms with E-state index in [9.17, 15) is 14.4 Å². The highest BCUT2D eigenvalue weighted by Crippen LogP contribution is 2.42. The van der Waals surface area contributed by atoms with E-state index in [0.29, 0.717) is 55.8 Å². The number of carbonyl (C=O) groups is 3. The highest BCUT2D eigenvalue weighted by molar-refractivity contribution is 6.02. The first-order valence-electron chi connectivity index (χ1n) is 14.2. The van der Waals surface area contributed by atoms with Gasteiger partial charge in [-0.05, 0) is 70.5 Å². The van der Waals surface area contributed by atoms with Gasteiger partial charge < -0.3 is 9.64 Å². The third-order valence-corrected chi connectivity index (χ3v) is 8.34. The van der Waals surface area contributed by atoms with E-state index in [1.807, 2.05) is 25.7 Å². The zero-order valence-corrected chi connectivity index (χ0v) is 23.7. The molecule has 0 saturated carbocycles. The predicted molar refractivity (Wildman–Crippen MR) is 145 cm³/mol. The van der Waals surface area contributed by atoms with Crippen molar-refractivity contribution in [2.24, 2.45) is 13.0 Å². The summed E-state index contributed by atoms with van der Waals surface area (Å²) in [6, 6.07) is 5.30. The molecule has 0 radical (unpaired) electrons. The Balaban J connectivity index is 1.21. The van der Waals surface area contributed by atoms with Gasteiger partial charge in [-0.25, -0.2) is 13.6 Å². The fourth-order valence-electron chi connectivity index (χ4n) is 6.30. The Bertz CT molecular complexity index is 1300. The van der Waals surface area contributed by atoms with Crippen molar-refractivity contribution < 1.29 is 27.9 Å². The monoisotopic (exact) mass is 559 g/mol. The molecule has 0 aliphatic carbocycles. The number of ether oxygens (including phenoxy) is 1. The second kappa shape index (κ2) is 10.7. The topological polar surface area (TPSA) is 96.8 Å². The quantitative estimate of drug-likeness (QED) is 0.565. The van der Waals surface area contributed by atoms with Gasteiger partial charge in [0.05, 0.1) is 29.6 Å². The summed E-state index contributed by atoms with van der Waals surface area (Å²) >= 11 is 0. The number of benzene rings is 1. The van der Waals surface area contributed by atoms with Crippen LogP contribution < -0.4 is 5.32 Å². The maximum Gasteiger partial charge on any atom is 0.410 e. The zero-order valence-electron chi connectivity index (χ0n) is 23.7. The molecule has 9 nitrogen and oxygen atoms in total. The molecule has 5 rings (SSSR count). The van der Waals surface area contributed by atoms with E-state index in [1.54, 1.807) is 34.8 Å². The smallest absolute Gasteiger partial charge is 0.410 e. The summed E-state index contributed by atoms with van der Waals surface area (Å²) in [5.41, 5.74) is 1.31. The molecular formula is C29H39F2N5O4. The number of hydrogen-bond acceptors (Lipinski definition) is 6. The van der Waals surface area contributed by atoms with Crippen molar-refractivity contribution in [3.63, 3.8) is 0 Å². The Kier molecular flexibility index (Phi) is 7.62. The summed E-state index contributed by atoms with van der Waals surface area (Å²) in [6.07, 6.45) is 2.21. The minimum Gasteiger partial charge on any atom is -0.444 e. The van der Waals surface area contributed by atoms with E-state index in [2.05, 4.69) is 10.4 Å². The average molecular weight is 560 g/mol. The number of rotatable bonds is 4. The summed E-state index contributed by atoms with van der Waals surface area (Å²) < 4.78 is 38.2. The van der Waals surface area contributed by atoms with Crippen molar-refractivity contribution in [2.45, 2.75) is 76.2 Å². The summed E-state index contributed by atoms with van der Waals surface area (Å²) in [7, 11) is 1.75. The summed E-state index contributed by atoms with van der Waals surface area (Å²) in [4.78, 5) is 39.9. The molecule has 2 aromatic rings. The number of amides is 3. The van der Waals surface area contributed by atoms with Crippen LogP contribution in [0.3, 0.4) is 0 Å². The number of halogens is 2. The maximum atomic E-state index is 15.6. The lowest BCUT2D eigenvalue weighted by molar-refractivity contribution is -0.134. The molecule has 40 heavy (non-hydrogen) atoms. The van der Waals surface area contributed by atoms with Gasteiger partial charge in [-0.3, -0.25) is 24.5 Å². The van der Waals surface area contributed by atoms with Crippen LogP contribution in [0.25, 0.3) is 10.9 Å². The van der Waals surface area contributed by atoms with Crippen LogP contribution in [0.2, 0.25) is 0 Å². The molecule has 11 heteroatoms. The number of aryl methyl sites for hydroxylation is 1. The number of nitrogens with zero attached hydrogens (tertiary/aromatic N) is 4. The third-order valence-electron chi connectivity index (χ3n) is 8.34. The Morgan fingerprint density at radius 3 is 2.50 bits per heavy atom. The first kappa shape index (κ1) is 28.4. The van der Waals surface area contributed by atoms with Crippen molar-refractivity contribution in [1.29, 1.82) is 0 Å². The van der Waals surface area contributed by atoms with E-state index < -0.39 is 23.4 Å². The number of nitrogens with one attached hydrogen (secondary N) is 1. The first-order chi connectivity index (χ1) is 18.8. The highest BCUT2D eigenvalue weighted by Gasteiger charge is 2.46. The number of carbonyl (C=O) groups excluding carboxylic acids is 3. The van der Waals surface area contributed by atoms with Crippen LogP contribution in [0.15, 0.2) is 18.2 Å². The number of fused-ring (bicyclic) bond motifs is 1. The number of piperidine rings is 3. The van der Waals surface area contributed by atoms with E-state index in [-0.39, 0.29) is 36.8 Å². The maximum absolute atomic E-state index is 15.6. The molecule has 3 aliphatic rings. The predicted octanol–water partition coefficient (Wildman–Crippen LogP) is 4.17. The number of hydrogen-bond donors (Lipinski definition) is 1. The van der Waals surface area contributed by atoms with Gasteiger partial charge in [0.2, 0.25) is 11.8 Å². The lowest BCUT2D eigenvalue weighted by Crippen LogP contribution is -2.50. The Morgan fingerprint density at radius 2 is 1.85 bits per heavy atom. The molecule has 1 N–H and O–H groups in total. The second-order valence-corrected chi connectivity index (χ2v) is 12.5. The molecule has 3 saturated heterocycles. The van der Waals surface area contributed by atoms with Crippen LogP contribution in [0.5, 0.6) is 0 Å². The van der Waals surface area contributed by atoms with Crippen LogP contribution in [-0.4, -0.2) is 81.7 Å². The molecule has 1 aromatic heterocycles. The van der Waals surface area contributed by atoms with Crippen LogP contribution in [0, 0.1) is 5.92 Å². The minimum absolute atomic E-state index is 0.250. The summed E-state index contributed by atoms with van der Waals surface area (Å²) in [5.74, 6) is -4.72. The van der Waals surface area contributed by atoms with Crippen LogP contribution >= 0.6 is 0 Å². The summed E-state index contributed by atoms with van der Waals surface area (Å²) in [5, 5.41) is 7.66. The van der Waals surface area contributed by atoms with E-state index in [0.717, 1.165) is 18.2 Å². The number of alkyl halides is 2. The van der Waals surface area contributed by atoms with E-state index in [4.69, 9.17) is 4.74 Å². The standard InChI is InChI=1S/C29H39F2N5O4/c1-28(2,3)40-27(39)36-13-9-18(10-14-36)16-35-12-11-22(29(30,31)17-35)19-5-6-20-23(15-19)34(4)33-25(20)21-7-8-24(37)32-26(21)38/h5-6,15,18,21-22H,7-14,16-17H2,1-4H3,(H,32,37,38). The Labute approximate surface area is 233 Å². The van der Waals surface area contributed by atoms with Crippen molar-refractivity contribution in [3.8, 4) is 0 Å². The fraction of sp³-hybridized carbons (Fsp3) is 0.655. The van der Waals surface area contributed by atoms with Gasteiger partial charge in [-0.15, -0.1) is 0 Å². The fourth-order valence-corrected chi connectivity index (χ4v) is 6.30. The van der Waals surface area contributed by atoms with Crippen LogP contribution in [0.1, 0.15) is 76.0 Å². The number of imide groups is 1. The van der Waals surface area contributed by atoms with Gasteiger partial charge in [0.1, 0.15) is 5.60 Å². The van der Waals surface area contributed by atoms with Crippen molar-refractivity contribution in [1.82, 2.24) is 24.9 Å². The average Bonchev–Trinajstić information content (AvgIpc) is 3.18. The molecule has 0 bridgehead atoms. The Hall–Kier alpha value is -3.08. The third kappa shape index (κ3) is 5.99. The van der Waals surface area contributed by atoms with Gasteiger partial charge in [0.25, 0.3) is 5.92 Å². The van der Waals surface area contributed by atoms with Crippen molar-refractivity contribution in [2.75, 3.05) is 32.7 Å². The SMILES string of the molecule is Cn1nc(C2CCC(=O)NC2=O)c2ccc(C3CCN(CC4CCN(C(=O)OC(C)(C)C)CC4)CC3(F)F)cc21. The molecular weight excluding hydrogens is 520 g/mol. The number of likely N-dealkylation sites (tertiary alicyclic amines) is 2. The molecule has 2 unspecified atom stereocenters.